The molecule has 0 aliphatic carbocycles. The largest absolute Gasteiger partial charge is 0.342 e. The van der Waals surface area contributed by atoms with Crippen molar-refractivity contribution in [3.05, 3.63) is 108 Å². The van der Waals surface area contributed by atoms with Gasteiger partial charge in [-0.05, 0) is 42.0 Å². The lowest BCUT2D eigenvalue weighted by molar-refractivity contribution is -0.117. The Bertz CT molecular complexity index is 1340. The predicted octanol–water partition coefficient (Wildman–Crippen LogP) is 4.29. The molecule has 0 spiro atoms. The minimum atomic E-state index is -0.448. The van der Waals surface area contributed by atoms with Crippen molar-refractivity contribution >= 4 is 34.5 Å². The number of hydrogen-bond donors (Lipinski definition) is 1. The molecule has 0 unspecified atom stereocenters. The van der Waals surface area contributed by atoms with Crippen LogP contribution in [0.2, 0.25) is 0 Å². The first-order valence-electron chi connectivity index (χ1n) is 9.85. The summed E-state index contributed by atoms with van der Waals surface area (Å²) in [5.74, 6) is -1.14. The summed E-state index contributed by atoms with van der Waals surface area (Å²) in [7, 11) is 0. The molecule has 0 atom stereocenters. The molecule has 31 heavy (non-hydrogen) atoms. The van der Waals surface area contributed by atoms with Crippen molar-refractivity contribution in [2.24, 2.45) is 0 Å². The van der Waals surface area contributed by atoms with E-state index in [-0.39, 0.29) is 11.4 Å². The first-order valence-corrected chi connectivity index (χ1v) is 9.85. The number of amides is 2. The second kappa shape index (κ2) is 7.57. The first kappa shape index (κ1) is 18.8. The average Bonchev–Trinajstić information content (AvgIpc) is 3.27. The standard InChI is InChI=1S/C25H18FN3O2/c26-19-8-6-7-17(13-19)15-28-16-18(21-11-4-5-12-23(21)28)14-22-24(30)27-29(25(22)31)20-9-2-1-3-10-20/h1-14,16H,15H2,(H,27,30)/b22-14-. The fraction of sp³-hybridized carbons (Fsp3) is 0.0400. The van der Waals surface area contributed by atoms with E-state index in [2.05, 4.69) is 5.43 Å². The van der Waals surface area contributed by atoms with E-state index in [0.29, 0.717) is 12.2 Å². The lowest BCUT2D eigenvalue weighted by Crippen LogP contribution is -2.35. The van der Waals surface area contributed by atoms with Crippen LogP contribution in [-0.4, -0.2) is 16.4 Å². The van der Waals surface area contributed by atoms with Crippen molar-refractivity contribution in [3.8, 4) is 0 Å². The van der Waals surface area contributed by atoms with Crippen LogP contribution in [0.1, 0.15) is 11.1 Å². The summed E-state index contributed by atoms with van der Waals surface area (Å²) in [5.41, 5.74) is 5.79. The summed E-state index contributed by atoms with van der Waals surface area (Å²) in [5, 5.41) is 2.16. The summed E-state index contributed by atoms with van der Waals surface area (Å²) < 4.78 is 15.6. The molecule has 5 rings (SSSR count). The number of halogens is 1. The molecule has 1 aliphatic heterocycles. The molecule has 1 aliphatic rings. The molecule has 6 heteroatoms. The van der Waals surface area contributed by atoms with Crippen LogP contribution >= 0.6 is 0 Å². The van der Waals surface area contributed by atoms with Gasteiger partial charge in [0.2, 0.25) is 0 Å². The van der Waals surface area contributed by atoms with Gasteiger partial charge in [0, 0.05) is 29.2 Å². The molecular weight excluding hydrogens is 393 g/mol. The van der Waals surface area contributed by atoms with E-state index < -0.39 is 11.8 Å². The Morgan fingerprint density at radius 1 is 0.903 bits per heavy atom. The van der Waals surface area contributed by atoms with Gasteiger partial charge in [-0.1, -0.05) is 48.5 Å². The van der Waals surface area contributed by atoms with Crippen molar-refractivity contribution in [1.82, 2.24) is 9.99 Å². The first-order chi connectivity index (χ1) is 15.1. The van der Waals surface area contributed by atoms with Gasteiger partial charge in [0.15, 0.2) is 0 Å². The smallest absolute Gasteiger partial charge is 0.282 e. The molecule has 4 aromatic rings. The molecule has 1 N–H and O–H groups in total. The Morgan fingerprint density at radius 3 is 2.48 bits per heavy atom. The highest BCUT2D eigenvalue weighted by molar-refractivity contribution is 6.32. The second-order valence-corrected chi connectivity index (χ2v) is 7.33. The summed E-state index contributed by atoms with van der Waals surface area (Å²) in [4.78, 5) is 25.5. The molecule has 1 saturated heterocycles. The molecule has 3 aromatic carbocycles. The van der Waals surface area contributed by atoms with Gasteiger partial charge in [0.1, 0.15) is 11.4 Å². The number of fused-ring (bicyclic) bond motifs is 1. The number of hydrazine groups is 1. The van der Waals surface area contributed by atoms with Gasteiger partial charge < -0.3 is 4.57 Å². The van der Waals surface area contributed by atoms with Gasteiger partial charge in [-0.15, -0.1) is 0 Å². The van der Waals surface area contributed by atoms with E-state index in [9.17, 15) is 14.0 Å². The third-order valence-electron chi connectivity index (χ3n) is 5.27. The molecule has 0 saturated carbocycles. The minimum Gasteiger partial charge on any atom is -0.342 e. The van der Waals surface area contributed by atoms with Gasteiger partial charge in [0.05, 0.1) is 5.69 Å². The molecule has 152 valence electrons. The van der Waals surface area contributed by atoms with Crippen molar-refractivity contribution < 1.29 is 14.0 Å². The average molecular weight is 411 g/mol. The molecule has 0 bridgehead atoms. The molecule has 1 aromatic heterocycles. The monoisotopic (exact) mass is 411 g/mol. The van der Waals surface area contributed by atoms with Crippen LogP contribution in [0.5, 0.6) is 0 Å². The van der Waals surface area contributed by atoms with Crippen molar-refractivity contribution in [2.75, 3.05) is 5.01 Å². The summed E-state index contributed by atoms with van der Waals surface area (Å²) in [6.45, 7) is 0.470. The van der Waals surface area contributed by atoms with Gasteiger partial charge in [-0.2, -0.15) is 0 Å². The summed E-state index contributed by atoms with van der Waals surface area (Å²) in [6, 6.07) is 23.1. The number of carbonyl (C=O) groups excluding carboxylic acids is 2. The third kappa shape index (κ3) is 3.48. The zero-order chi connectivity index (χ0) is 21.4. The number of benzene rings is 3. The van der Waals surface area contributed by atoms with E-state index in [1.165, 1.54) is 17.1 Å². The fourth-order valence-corrected chi connectivity index (χ4v) is 3.82. The number of carbonyl (C=O) groups is 2. The number of hydrogen-bond acceptors (Lipinski definition) is 2. The molecular formula is C25H18FN3O2. The molecule has 0 radical (unpaired) electrons. The van der Waals surface area contributed by atoms with Crippen LogP contribution in [0.15, 0.2) is 90.6 Å². The van der Waals surface area contributed by atoms with Crippen molar-refractivity contribution in [2.45, 2.75) is 6.54 Å². The highest BCUT2D eigenvalue weighted by Crippen LogP contribution is 2.27. The minimum absolute atomic E-state index is 0.0671. The number of nitrogens with one attached hydrogen (secondary N) is 1. The molecule has 2 amide bonds. The SMILES string of the molecule is O=C1NN(c2ccccc2)C(=O)/C1=C\c1cn(Cc2cccc(F)c2)c2ccccc12. The number of anilines is 1. The van der Waals surface area contributed by atoms with Crippen LogP contribution in [0, 0.1) is 5.82 Å². The number of aromatic nitrogens is 1. The topological polar surface area (TPSA) is 54.3 Å². The van der Waals surface area contributed by atoms with Crippen LogP contribution in [0.25, 0.3) is 17.0 Å². The van der Waals surface area contributed by atoms with E-state index in [1.54, 1.807) is 36.4 Å². The predicted molar refractivity (Wildman–Crippen MR) is 117 cm³/mol. The lowest BCUT2D eigenvalue weighted by Gasteiger charge is -2.13. The van der Waals surface area contributed by atoms with Gasteiger partial charge in [-0.25, -0.2) is 9.40 Å². The highest BCUT2D eigenvalue weighted by Gasteiger charge is 2.34. The highest BCUT2D eigenvalue weighted by atomic mass is 19.1. The summed E-state index contributed by atoms with van der Waals surface area (Å²) >= 11 is 0. The second-order valence-electron chi connectivity index (χ2n) is 7.33. The number of nitrogens with zero attached hydrogens (tertiary/aromatic N) is 2. The summed E-state index contributed by atoms with van der Waals surface area (Å²) in [6.07, 6.45) is 3.50. The van der Waals surface area contributed by atoms with E-state index in [4.69, 9.17) is 0 Å². The normalized spacial score (nSPS) is 15.1. The van der Waals surface area contributed by atoms with Gasteiger partial charge >= 0.3 is 0 Å². The Kier molecular flexibility index (Phi) is 4.59. The maximum Gasteiger partial charge on any atom is 0.282 e. The van der Waals surface area contributed by atoms with E-state index >= 15 is 0 Å². The number of rotatable bonds is 4. The van der Waals surface area contributed by atoms with Crippen molar-refractivity contribution in [3.63, 3.8) is 0 Å². The van der Waals surface area contributed by atoms with Crippen LogP contribution < -0.4 is 10.4 Å². The quantitative estimate of drug-likeness (QED) is 0.402. The number of para-hydroxylation sites is 2. The van der Waals surface area contributed by atoms with Crippen LogP contribution in [0.4, 0.5) is 10.1 Å². The maximum atomic E-state index is 13.6. The fourth-order valence-electron chi connectivity index (χ4n) is 3.82. The Balaban J connectivity index is 1.54. The maximum absolute atomic E-state index is 13.6. The molecule has 5 nitrogen and oxygen atoms in total. The van der Waals surface area contributed by atoms with Crippen molar-refractivity contribution in [1.29, 1.82) is 0 Å². The lowest BCUT2D eigenvalue weighted by atomic mass is 10.1. The van der Waals surface area contributed by atoms with E-state index in [1.807, 2.05) is 47.2 Å². The molecule has 1 fully saturated rings. The van der Waals surface area contributed by atoms with Gasteiger partial charge in [0.25, 0.3) is 11.8 Å². The zero-order valence-electron chi connectivity index (χ0n) is 16.5. The zero-order valence-corrected chi connectivity index (χ0v) is 16.5. The third-order valence-corrected chi connectivity index (χ3v) is 5.27. The van der Waals surface area contributed by atoms with Crippen LogP contribution in [-0.2, 0) is 16.1 Å². The van der Waals surface area contributed by atoms with Gasteiger partial charge in [-0.3, -0.25) is 15.0 Å². The van der Waals surface area contributed by atoms with Crippen LogP contribution in [0.3, 0.4) is 0 Å². The van der Waals surface area contributed by atoms with E-state index in [0.717, 1.165) is 22.0 Å². The molecule has 2 heterocycles. The Hall–Kier alpha value is -4.19. The Morgan fingerprint density at radius 2 is 1.68 bits per heavy atom. The Labute approximate surface area is 178 Å².